The van der Waals surface area contributed by atoms with E-state index in [0.717, 1.165) is 9.87 Å². The predicted molar refractivity (Wildman–Crippen MR) is 101 cm³/mol. The molecule has 1 aliphatic rings. The largest absolute Gasteiger partial charge is 0.322 e. The van der Waals surface area contributed by atoms with Gasteiger partial charge in [-0.25, -0.2) is 12.7 Å². The van der Waals surface area contributed by atoms with Crippen LogP contribution >= 0.6 is 11.6 Å². The van der Waals surface area contributed by atoms with Gasteiger partial charge < -0.3 is 5.32 Å². The van der Waals surface area contributed by atoms with Gasteiger partial charge >= 0.3 is 0 Å². The molecule has 0 aromatic heterocycles. The first-order chi connectivity index (χ1) is 12.2. The highest BCUT2D eigenvalue weighted by molar-refractivity contribution is 7.94. The molecule has 26 heavy (non-hydrogen) atoms. The van der Waals surface area contributed by atoms with E-state index in [0.29, 0.717) is 5.69 Å². The molecule has 2 amide bonds. The number of sulfonamides is 1. The molecule has 3 rings (SSSR count). The lowest BCUT2D eigenvalue weighted by Gasteiger charge is -2.17. The third-order valence-electron chi connectivity index (χ3n) is 4.18. The first-order valence-corrected chi connectivity index (χ1v) is 9.93. The number of hydrogen-bond donors (Lipinski definition) is 1. The van der Waals surface area contributed by atoms with E-state index in [4.69, 9.17) is 11.6 Å². The molecule has 0 aliphatic carbocycles. The van der Waals surface area contributed by atoms with E-state index in [2.05, 4.69) is 5.32 Å². The monoisotopic (exact) mass is 392 g/mol. The van der Waals surface area contributed by atoms with Gasteiger partial charge in [0.05, 0.1) is 27.9 Å². The van der Waals surface area contributed by atoms with Gasteiger partial charge in [0.25, 0.3) is 5.91 Å². The summed E-state index contributed by atoms with van der Waals surface area (Å²) in [6.45, 7) is 3.41. The SMILES string of the molecule is Cc1ccccc1NC(=O)c1cc(N2C(=O)C(C)CS2(=O)=O)ccc1Cl. The zero-order valence-electron chi connectivity index (χ0n) is 14.2. The van der Waals surface area contributed by atoms with Gasteiger partial charge in [-0.2, -0.15) is 0 Å². The number of benzene rings is 2. The normalized spacial score (nSPS) is 18.8. The van der Waals surface area contributed by atoms with Crippen molar-refractivity contribution in [3.05, 3.63) is 58.6 Å². The molecule has 8 heteroatoms. The number of aryl methyl sites for hydroxylation is 1. The number of carbonyl (C=O) groups excluding carboxylic acids is 2. The fourth-order valence-electron chi connectivity index (χ4n) is 2.80. The molecule has 0 radical (unpaired) electrons. The van der Waals surface area contributed by atoms with Crippen LogP contribution in [0, 0.1) is 12.8 Å². The number of rotatable bonds is 3. The van der Waals surface area contributed by atoms with Crippen LogP contribution in [0.3, 0.4) is 0 Å². The number of amides is 2. The minimum Gasteiger partial charge on any atom is -0.322 e. The minimum absolute atomic E-state index is 0.0926. The average molecular weight is 393 g/mol. The summed E-state index contributed by atoms with van der Waals surface area (Å²) in [6.07, 6.45) is 0. The molecule has 1 atom stereocenters. The lowest BCUT2D eigenvalue weighted by atomic mass is 10.1. The van der Waals surface area contributed by atoms with Crippen molar-refractivity contribution in [2.24, 2.45) is 5.92 Å². The molecule has 1 aliphatic heterocycles. The van der Waals surface area contributed by atoms with E-state index in [1.54, 1.807) is 19.1 Å². The molecule has 1 unspecified atom stereocenters. The lowest BCUT2D eigenvalue weighted by molar-refractivity contribution is -0.119. The topological polar surface area (TPSA) is 83.6 Å². The Bertz CT molecular complexity index is 1000. The minimum atomic E-state index is -3.75. The standard InChI is InChI=1S/C18H17ClN2O4S/c1-11-5-3-4-6-16(11)20-17(22)14-9-13(7-8-15(14)19)21-18(23)12(2)10-26(21,24)25/h3-9,12H,10H2,1-2H3,(H,20,22). The third-order valence-corrected chi connectivity index (χ3v) is 6.38. The van der Waals surface area contributed by atoms with Gasteiger partial charge in [0.15, 0.2) is 0 Å². The van der Waals surface area contributed by atoms with Gasteiger partial charge in [-0.3, -0.25) is 9.59 Å². The van der Waals surface area contributed by atoms with Gasteiger partial charge in [0.1, 0.15) is 0 Å². The molecule has 2 aromatic carbocycles. The van der Waals surface area contributed by atoms with Crippen molar-refractivity contribution in [1.29, 1.82) is 0 Å². The molecule has 1 fully saturated rings. The summed E-state index contributed by atoms with van der Waals surface area (Å²) in [5.41, 5.74) is 1.70. The van der Waals surface area contributed by atoms with Gasteiger partial charge in [0.2, 0.25) is 15.9 Å². The van der Waals surface area contributed by atoms with Crippen molar-refractivity contribution in [3.8, 4) is 0 Å². The molecule has 1 heterocycles. The van der Waals surface area contributed by atoms with E-state index in [-0.39, 0.29) is 22.0 Å². The van der Waals surface area contributed by atoms with Crippen molar-refractivity contribution in [2.75, 3.05) is 15.4 Å². The Morgan fingerprint density at radius 1 is 1.23 bits per heavy atom. The molecule has 1 N–H and O–H groups in total. The first-order valence-electron chi connectivity index (χ1n) is 7.94. The summed E-state index contributed by atoms with van der Waals surface area (Å²) in [4.78, 5) is 24.8. The second-order valence-electron chi connectivity index (χ2n) is 6.22. The maximum atomic E-state index is 12.6. The molecule has 6 nitrogen and oxygen atoms in total. The zero-order valence-corrected chi connectivity index (χ0v) is 15.8. The van der Waals surface area contributed by atoms with E-state index in [1.165, 1.54) is 18.2 Å². The Hall–Kier alpha value is -2.38. The molecule has 0 bridgehead atoms. The van der Waals surface area contributed by atoms with Crippen LogP contribution in [0.25, 0.3) is 0 Å². The smallest absolute Gasteiger partial charge is 0.257 e. The van der Waals surface area contributed by atoms with E-state index >= 15 is 0 Å². The zero-order chi connectivity index (χ0) is 19.1. The van der Waals surface area contributed by atoms with Crippen molar-refractivity contribution in [2.45, 2.75) is 13.8 Å². The summed E-state index contributed by atoms with van der Waals surface area (Å²) >= 11 is 6.13. The van der Waals surface area contributed by atoms with Crippen LogP contribution in [-0.2, 0) is 14.8 Å². The molecule has 0 saturated carbocycles. The first kappa shape index (κ1) is 18.4. The van der Waals surface area contributed by atoms with Gasteiger partial charge in [-0.05, 0) is 36.8 Å². The quantitative estimate of drug-likeness (QED) is 0.869. The summed E-state index contributed by atoms with van der Waals surface area (Å²) in [7, 11) is -3.75. The summed E-state index contributed by atoms with van der Waals surface area (Å²) in [5.74, 6) is -1.88. The summed E-state index contributed by atoms with van der Waals surface area (Å²) in [6, 6.07) is 11.4. The van der Waals surface area contributed by atoms with Crippen LogP contribution in [-0.4, -0.2) is 26.0 Å². The average Bonchev–Trinajstić information content (AvgIpc) is 2.78. The van der Waals surface area contributed by atoms with Gasteiger partial charge in [-0.15, -0.1) is 0 Å². The number of nitrogens with one attached hydrogen (secondary N) is 1. The van der Waals surface area contributed by atoms with Gasteiger partial charge in [-0.1, -0.05) is 36.7 Å². The number of nitrogens with zero attached hydrogens (tertiary/aromatic N) is 1. The Morgan fingerprint density at radius 3 is 2.54 bits per heavy atom. The van der Waals surface area contributed by atoms with Crippen molar-refractivity contribution < 1.29 is 18.0 Å². The number of anilines is 2. The highest BCUT2D eigenvalue weighted by Gasteiger charge is 2.42. The molecule has 0 spiro atoms. The number of halogens is 1. The van der Waals surface area contributed by atoms with Crippen LogP contribution < -0.4 is 9.62 Å². The third kappa shape index (κ3) is 3.32. The van der Waals surface area contributed by atoms with Crippen molar-refractivity contribution in [1.82, 2.24) is 0 Å². The maximum absolute atomic E-state index is 12.6. The fraction of sp³-hybridized carbons (Fsp3) is 0.222. The Morgan fingerprint density at radius 2 is 1.92 bits per heavy atom. The van der Waals surface area contributed by atoms with Crippen molar-refractivity contribution >= 4 is 44.8 Å². The van der Waals surface area contributed by atoms with Crippen LogP contribution in [0.5, 0.6) is 0 Å². The van der Waals surface area contributed by atoms with Crippen LogP contribution in [0.4, 0.5) is 11.4 Å². The molecular weight excluding hydrogens is 376 g/mol. The lowest BCUT2D eigenvalue weighted by Crippen LogP contribution is -2.30. The van der Waals surface area contributed by atoms with Crippen LogP contribution in [0.2, 0.25) is 5.02 Å². The van der Waals surface area contributed by atoms with Crippen molar-refractivity contribution in [3.63, 3.8) is 0 Å². The summed E-state index contributed by atoms with van der Waals surface area (Å²) < 4.78 is 25.3. The molecule has 2 aromatic rings. The van der Waals surface area contributed by atoms with E-state index in [1.807, 2.05) is 19.1 Å². The molecule has 136 valence electrons. The number of hydrogen-bond acceptors (Lipinski definition) is 4. The second kappa shape index (κ2) is 6.74. The maximum Gasteiger partial charge on any atom is 0.257 e. The second-order valence-corrected chi connectivity index (χ2v) is 8.48. The van der Waals surface area contributed by atoms with Crippen LogP contribution in [0.15, 0.2) is 42.5 Å². The highest BCUT2D eigenvalue weighted by atomic mass is 35.5. The summed E-state index contributed by atoms with van der Waals surface area (Å²) in [5, 5.41) is 2.91. The van der Waals surface area contributed by atoms with E-state index in [9.17, 15) is 18.0 Å². The van der Waals surface area contributed by atoms with Gasteiger partial charge in [0, 0.05) is 5.69 Å². The number of carbonyl (C=O) groups is 2. The predicted octanol–water partition coefficient (Wildman–Crippen LogP) is 3.21. The molecular formula is C18H17ClN2O4S. The van der Waals surface area contributed by atoms with Crippen LogP contribution in [0.1, 0.15) is 22.8 Å². The Kier molecular flexibility index (Phi) is 4.77. The fourth-order valence-corrected chi connectivity index (χ4v) is 4.82. The van der Waals surface area contributed by atoms with E-state index < -0.39 is 27.8 Å². The molecule has 1 saturated heterocycles. The highest BCUT2D eigenvalue weighted by Crippen LogP contribution is 2.31. The Labute approximate surface area is 156 Å². The number of para-hydroxylation sites is 1. The Balaban J connectivity index is 1.97.